The van der Waals surface area contributed by atoms with Gasteiger partial charge in [0.2, 0.25) is 0 Å². The van der Waals surface area contributed by atoms with Crippen molar-refractivity contribution in [1.82, 2.24) is 0 Å². The Balaban J connectivity index is 1.22. The van der Waals surface area contributed by atoms with Crippen LogP contribution in [0.2, 0.25) is 0 Å². The van der Waals surface area contributed by atoms with Gasteiger partial charge in [0.05, 0.1) is 45.5 Å². The molecule has 0 N–H and O–H groups in total. The van der Waals surface area contributed by atoms with Crippen molar-refractivity contribution in [1.29, 1.82) is 0 Å². The van der Waals surface area contributed by atoms with Gasteiger partial charge in [-0.2, -0.15) is 0 Å². The third-order valence-electron chi connectivity index (χ3n) is 7.49. The summed E-state index contributed by atoms with van der Waals surface area (Å²) in [6, 6.07) is 22.0. The average Bonchev–Trinajstić information content (AvgIpc) is 3.09. The first-order valence-electron chi connectivity index (χ1n) is 11.5. The van der Waals surface area contributed by atoms with Gasteiger partial charge in [0.25, 0.3) is 0 Å². The summed E-state index contributed by atoms with van der Waals surface area (Å²) < 4.78 is 2.31. The molecule has 0 radical (unpaired) electrons. The highest BCUT2D eigenvalue weighted by atomic mass is 32.2. The van der Waals surface area contributed by atoms with Crippen molar-refractivity contribution in [2.75, 3.05) is 40.3 Å². The number of thioether (sulfide) groups is 1. The minimum atomic E-state index is 0.163. The van der Waals surface area contributed by atoms with E-state index in [1.54, 1.807) is 0 Å². The summed E-state index contributed by atoms with van der Waals surface area (Å²) in [5.41, 5.74) is 4.44. The number of quaternary nitrogens is 2. The predicted molar refractivity (Wildman–Crippen MR) is 128 cm³/mol. The smallest absolute Gasteiger partial charge is 0.117 e. The number of likely N-dealkylation sites (tertiary alicyclic amines) is 2. The Labute approximate surface area is 186 Å². The zero-order valence-corrected chi connectivity index (χ0v) is 19.3. The van der Waals surface area contributed by atoms with E-state index in [1.165, 1.54) is 62.3 Å². The minimum Gasteiger partial charge on any atom is -0.322 e. The average molecular weight is 422 g/mol. The first-order valence-corrected chi connectivity index (χ1v) is 12.3. The Morgan fingerprint density at radius 2 is 1.40 bits per heavy atom. The van der Waals surface area contributed by atoms with Crippen molar-refractivity contribution >= 4 is 17.5 Å². The van der Waals surface area contributed by atoms with Crippen molar-refractivity contribution in [3.05, 3.63) is 71.8 Å². The van der Waals surface area contributed by atoms with Crippen LogP contribution in [0.3, 0.4) is 0 Å². The molecule has 30 heavy (non-hydrogen) atoms. The number of nitrogens with zero attached hydrogens (tertiary/aromatic N) is 3. The Hall–Kier alpha value is -1.62. The van der Waals surface area contributed by atoms with Gasteiger partial charge in [0.15, 0.2) is 0 Å². The maximum Gasteiger partial charge on any atom is 0.117 e. The van der Waals surface area contributed by atoms with Crippen molar-refractivity contribution in [3.63, 3.8) is 0 Å². The fourth-order valence-corrected chi connectivity index (χ4v) is 7.49. The molecule has 2 unspecified atom stereocenters. The molecule has 0 amide bonds. The molecule has 3 aliphatic heterocycles. The maximum absolute atomic E-state index is 5.41. The second-order valence-electron chi connectivity index (χ2n) is 10.3. The quantitative estimate of drug-likeness (QED) is 0.650. The van der Waals surface area contributed by atoms with Gasteiger partial charge in [-0.25, -0.2) is 0 Å². The molecule has 2 aromatic rings. The van der Waals surface area contributed by atoms with Gasteiger partial charge in [-0.15, -0.1) is 11.8 Å². The van der Waals surface area contributed by atoms with Crippen LogP contribution in [0.25, 0.3) is 0 Å². The number of hydrogen-bond acceptors (Lipinski definition) is 2. The largest absolute Gasteiger partial charge is 0.322 e. The first-order chi connectivity index (χ1) is 14.5. The monoisotopic (exact) mass is 421 g/mol. The van der Waals surface area contributed by atoms with Gasteiger partial charge < -0.3 is 8.97 Å². The second kappa shape index (κ2) is 7.81. The van der Waals surface area contributed by atoms with Crippen molar-refractivity contribution < 1.29 is 8.97 Å². The highest BCUT2D eigenvalue weighted by molar-refractivity contribution is 8.02. The number of aliphatic imine (C=N–C) groups is 1. The molecule has 4 heteroatoms. The van der Waals surface area contributed by atoms with Crippen LogP contribution in [0.4, 0.5) is 0 Å². The molecule has 1 spiro atoms. The predicted octanol–water partition coefficient (Wildman–Crippen LogP) is 4.73. The zero-order chi connectivity index (χ0) is 20.7. The van der Waals surface area contributed by atoms with E-state index in [0.717, 1.165) is 22.1 Å². The van der Waals surface area contributed by atoms with Gasteiger partial charge in [-0.05, 0) is 0 Å². The van der Waals surface area contributed by atoms with Crippen molar-refractivity contribution in [2.45, 2.75) is 42.5 Å². The lowest BCUT2D eigenvalue weighted by molar-refractivity contribution is -0.927. The highest BCUT2D eigenvalue weighted by Gasteiger charge is 2.50. The summed E-state index contributed by atoms with van der Waals surface area (Å²) in [5, 5.41) is 0.624. The van der Waals surface area contributed by atoms with E-state index in [1.807, 2.05) is 0 Å². The summed E-state index contributed by atoms with van der Waals surface area (Å²) in [5.74, 6) is 0. The van der Waals surface area contributed by atoms with Crippen LogP contribution in [0.5, 0.6) is 0 Å². The van der Waals surface area contributed by atoms with Crippen LogP contribution < -0.4 is 0 Å². The summed E-state index contributed by atoms with van der Waals surface area (Å²) in [4.78, 5) is 5.57. The van der Waals surface area contributed by atoms with E-state index in [4.69, 9.17) is 4.99 Å². The molecule has 2 atom stereocenters. The maximum atomic E-state index is 5.41. The summed E-state index contributed by atoms with van der Waals surface area (Å²) in [6.45, 7) is 7.22. The molecule has 158 valence electrons. The van der Waals surface area contributed by atoms with Crippen molar-refractivity contribution in [3.8, 4) is 0 Å². The Morgan fingerprint density at radius 1 is 0.833 bits per heavy atom. The fraction of sp³-hybridized carbons (Fsp3) is 0.500. The van der Waals surface area contributed by atoms with E-state index in [9.17, 15) is 0 Å². The van der Waals surface area contributed by atoms with E-state index in [2.05, 4.69) is 86.5 Å². The van der Waals surface area contributed by atoms with Crippen LogP contribution in [0.1, 0.15) is 30.4 Å². The molecule has 5 rings (SSSR count). The number of benzene rings is 2. The van der Waals surface area contributed by atoms with Gasteiger partial charge in [0.1, 0.15) is 18.0 Å². The molecular formula is C26H35N3S+2. The molecule has 0 aromatic heterocycles. The SMILES string of the molecule is C[N+]1(Cc2ccccc2)CCC2(CC1)N=C1CC[N+](C)(Cc3ccccc3)CC1S2. The standard InChI is InChI=1S/C26H35N3S/c1-28(19-22-9-5-3-6-10-22)17-14-26(15-18-28)27-24-13-16-29(2,21-25(24)30-26)20-23-11-7-4-8-12-23/h3-12,25H,13-21H2,1-2H3/q+2. The van der Waals surface area contributed by atoms with E-state index < -0.39 is 0 Å². The highest BCUT2D eigenvalue weighted by Crippen LogP contribution is 2.49. The molecule has 0 aliphatic carbocycles. The van der Waals surface area contributed by atoms with Gasteiger partial charge in [0, 0.05) is 36.1 Å². The van der Waals surface area contributed by atoms with Crippen LogP contribution in [0.15, 0.2) is 65.7 Å². The Morgan fingerprint density at radius 3 is 2.00 bits per heavy atom. The fourth-order valence-electron chi connectivity index (χ4n) is 5.63. The summed E-state index contributed by atoms with van der Waals surface area (Å²) in [7, 11) is 4.89. The van der Waals surface area contributed by atoms with E-state index >= 15 is 0 Å². The van der Waals surface area contributed by atoms with Crippen LogP contribution in [0, 0.1) is 0 Å². The summed E-state index contributed by atoms with van der Waals surface area (Å²) in [6.07, 6.45) is 3.63. The molecule has 0 saturated carbocycles. The molecule has 3 nitrogen and oxygen atoms in total. The third kappa shape index (κ3) is 4.23. The molecule has 3 heterocycles. The Bertz CT molecular complexity index is 902. The molecule has 3 aliphatic rings. The number of fused-ring (bicyclic) bond motifs is 1. The second-order valence-corrected chi connectivity index (χ2v) is 11.9. The van der Waals surface area contributed by atoms with E-state index in [-0.39, 0.29) is 4.87 Å². The van der Waals surface area contributed by atoms with Crippen LogP contribution >= 0.6 is 11.8 Å². The van der Waals surface area contributed by atoms with Crippen molar-refractivity contribution in [2.24, 2.45) is 4.99 Å². The third-order valence-corrected chi connectivity index (χ3v) is 9.14. The molecule has 2 aromatic carbocycles. The Kier molecular flexibility index (Phi) is 5.29. The van der Waals surface area contributed by atoms with Gasteiger partial charge >= 0.3 is 0 Å². The lowest BCUT2D eigenvalue weighted by Gasteiger charge is -2.44. The lowest BCUT2D eigenvalue weighted by atomic mass is 10.00. The van der Waals surface area contributed by atoms with Gasteiger partial charge in [-0.3, -0.25) is 4.99 Å². The topological polar surface area (TPSA) is 12.4 Å². The zero-order valence-electron chi connectivity index (χ0n) is 18.5. The molecule has 2 saturated heterocycles. The molecule has 0 bridgehead atoms. The minimum absolute atomic E-state index is 0.163. The summed E-state index contributed by atoms with van der Waals surface area (Å²) >= 11 is 2.21. The lowest BCUT2D eigenvalue weighted by Crippen LogP contribution is -2.54. The molecule has 2 fully saturated rings. The van der Waals surface area contributed by atoms with Gasteiger partial charge in [-0.1, -0.05) is 60.7 Å². The van der Waals surface area contributed by atoms with E-state index in [0.29, 0.717) is 5.25 Å². The van der Waals surface area contributed by atoms with Crippen LogP contribution in [-0.4, -0.2) is 65.1 Å². The molecular weight excluding hydrogens is 386 g/mol. The number of hydrogen-bond donors (Lipinski definition) is 0. The first kappa shape index (κ1) is 20.3. The number of piperidine rings is 2. The normalized spacial score (nSPS) is 35.8. The number of rotatable bonds is 4. The van der Waals surface area contributed by atoms with Crippen LogP contribution in [-0.2, 0) is 13.1 Å².